The minimum absolute atomic E-state index is 0.0874. The lowest BCUT2D eigenvalue weighted by Crippen LogP contribution is -2.35. The van der Waals surface area contributed by atoms with Crippen molar-refractivity contribution in [3.8, 4) is 0 Å². The maximum Gasteiger partial charge on any atom is 0.162 e. The molecule has 21 heavy (non-hydrogen) atoms. The van der Waals surface area contributed by atoms with Gasteiger partial charge in [-0.15, -0.1) is 0 Å². The zero-order valence-electron chi connectivity index (χ0n) is 13.7. The molecule has 0 aliphatic carbocycles. The highest BCUT2D eigenvalue weighted by atomic mass is 16.5. The Kier molecular flexibility index (Phi) is 6.21. The van der Waals surface area contributed by atoms with Crippen LogP contribution in [0.1, 0.15) is 51.5 Å². The predicted molar refractivity (Wildman–Crippen MR) is 83.0 cm³/mol. The summed E-state index contributed by atoms with van der Waals surface area (Å²) in [6.07, 6.45) is 4.03. The molecule has 1 aliphatic rings. The van der Waals surface area contributed by atoms with Gasteiger partial charge in [-0.05, 0) is 46.7 Å². The van der Waals surface area contributed by atoms with Gasteiger partial charge in [0.2, 0.25) is 0 Å². The molecule has 0 bridgehead atoms. The number of rotatable bonds is 7. The van der Waals surface area contributed by atoms with Crippen molar-refractivity contribution in [3.05, 3.63) is 17.5 Å². The molecule has 1 aromatic heterocycles. The van der Waals surface area contributed by atoms with Gasteiger partial charge in [-0.25, -0.2) is 0 Å². The van der Waals surface area contributed by atoms with Crippen molar-refractivity contribution in [1.29, 1.82) is 0 Å². The fourth-order valence-corrected chi connectivity index (χ4v) is 2.41. The van der Waals surface area contributed by atoms with E-state index in [4.69, 9.17) is 9.26 Å². The van der Waals surface area contributed by atoms with Crippen LogP contribution in [0.5, 0.6) is 0 Å². The Hall–Kier alpha value is -0.910. The summed E-state index contributed by atoms with van der Waals surface area (Å²) in [5, 5.41) is 7.45. The van der Waals surface area contributed by atoms with Crippen LogP contribution in [-0.2, 0) is 17.9 Å². The Morgan fingerprint density at radius 2 is 2.05 bits per heavy atom. The molecule has 1 aliphatic heterocycles. The second-order valence-electron chi connectivity index (χ2n) is 6.84. The molecular formula is C16H29N3O2. The molecule has 1 aromatic rings. The van der Waals surface area contributed by atoms with E-state index in [1.54, 1.807) is 0 Å². The Labute approximate surface area is 128 Å². The molecule has 1 saturated heterocycles. The van der Waals surface area contributed by atoms with E-state index in [9.17, 15) is 0 Å². The third-order valence-electron chi connectivity index (χ3n) is 3.65. The SMILES string of the molecule is CC(C)(C)NCc1cc(COCCN2CCCCC2)on1. The standard InChI is InChI=1S/C16H29N3O2/c1-16(2,3)17-12-14-11-15(21-18-14)13-20-10-9-19-7-5-4-6-8-19/h11,17H,4-10,12-13H2,1-3H3. The first-order valence-electron chi connectivity index (χ1n) is 8.02. The van der Waals surface area contributed by atoms with Crippen LogP contribution in [0.15, 0.2) is 10.6 Å². The van der Waals surface area contributed by atoms with Crippen LogP contribution in [0.2, 0.25) is 0 Å². The number of nitrogens with zero attached hydrogens (tertiary/aromatic N) is 2. The van der Waals surface area contributed by atoms with E-state index in [-0.39, 0.29) is 5.54 Å². The van der Waals surface area contributed by atoms with Gasteiger partial charge in [-0.2, -0.15) is 0 Å². The quantitative estimate of drug-likeness (QED) is 0.784. The smallest absolute Gasteiger partial charge is 0.162 e. The summed E-state index contributed by atoms with van der Waals surface area (Å²) in [5.41, 5.74) is 1.02. The molecule has 0 unspecified atom stereocenters. The fraction of sp³-hybridized carbons (Fsp3) is 0.812. The summed E-state index contributed by atoms with van der Waals surface area (Å²) < 4.78 is 11.0. The lowest BCUT2D eigenvalue weighted by Gasteiger charge is -2.25. The average Bonchev–Trinajstić information content (AvgIpc) is 2.90. The summed E-state index contributed by atoms with van der Waals surface area (Å²) in [6, 6.07) is 1.97. The summed E-state index contributed by atoms with van der Waals surface area (Å²) in [6.45, 7) is 11.9. The molecule has 0 aromatic carbocycles. The summed E-state index contributed by atoms with van der Waals surface area (Å²) in [5.74, 6) is 0.805. The Bertz CT molecular complexity index is 406. The summed E-state index contributed by atoms with van der Waals surface area (Å²) in [7, 11) is 0. The second-order valence-corrected chi connectivity index (χ2v) is 6.84. The van der Waals surface area contributed by atoms with Gasteiger partial charge < -0.3 is 19.5 Å². The molecule has 120 valence electrons. The first-order valence-corrected chi connectivity index (χ1v) is 8.02. The van der Waals surface area contributed by atoms with E-state index < -0.39 is 0 Å². The van der Waals surface area contributed by atoms with Crippen molar-refractivity contribution < 1.29 is 9.26 Å². The van der Waals surface area contributed by atoms with Crippen molar-refractivity contribution in [3.63, 3.8) is 0 Å². The lowest BCUT2D eigenvalue weighted by atomic mass is 10.1. The Morgan fingerprint density at radius 3 is 2.76 bits per heavy atom. The first kappa shape index (κ1) is 16.5. The second kappa shape index (κ2) is 7.92. The average molecular weight is 295 g/mol. The minimum Gasteiger partial charge on any atom is -0.372 e. The summed E-state index contributed by atoms with van der Waals surface area (Å²) in [4.78, 5) is 2.47. The number of ether oxygens (including phenoxy) is 1. The van der Waals surface area contributed by atoms with Crippen molar-refractivity contribution in [2.24, 2.45) is 0 Å². The van der Waals surface area contributed by atoms with Crippen molar-refractivity contribution >= 4 is 0 Å². The zero-order chi connectivity index (χ0) is 15.1. The molecule has 0 spiro atoms. The van der Waals surface area contributed by atoms with Gasteiger partial charge in [0.1, 0.15) is 6.61 Å². The van der Waals surface area contributed by atoms with Crippen LogP contribution in [-0.4, -0.2) is 41.8 Å². The third kappa shape index (κ3) is 6.59. The molecule has 0 radical (unpaired) electrons. The van der Waals surface area contributed by atoms with E-state index in [2.05, 4.69) is 36.1 Å². The van der Waals surface area contributed by atoms with E-state index in [0.29, 0.717) is 6.61 Å². The molecule has 0 amide bonds. The fourth-order valence-electron chi connectivity index (χ4n) is 2.41. The normalized spacial score (nSPS) is 17.3. The van der Waals surface area contributed by atoms with Gasteiger partial charge in [-0.1, -0.05) is 11.6 Å². The van der Waals surface area contributed by atoms with Gasteiger partial charge in [0.25, 0.3) is 0 Å². The number of hydrogen-bond acceptors (Lipinski definition) is 5. The molecule has 1 N–H and O–H groups in total. The number of likely N-dealkylation sites (tertiary alicyclic amines) is 1. The molecule has 1 fully saturated rings. The maximum atomic E-state index is 5.69. The molecule has 2 heterocycles. The van der Waals surface area contributed by atoms with Crippen LogP contribution in [0.25, 0.3) is 0 Å². The van der Waals surface area contributed by atoms with Crippen LogP contribution >= 0.6 is 0 Å². The van der Waals surface area contributed by atoms with Gasteiger partial charge in [0.15, 0.2) is 5.76 Å². The molecule has 0 saturated carbocycles. The molecule has 0 atom stereocenters. The number of nitrogens with one attached hydrogen (secondary N) is 1. The van der Waals surface area contributed by atoms with E-state index in [1.165, 1.54) is 32.4 Å². The van der Waals surface area contributed by atoms with Crippen LogP contribution in [0, 0.1) is 0 Å². The lowest BCUT2D eigenvalue weighted by molar-refractivity contribution is 0.0733. The highest BCUT2D eigenvalue weighted by Gasteiger charge is 2.12. The molecule has 2 rings (SSSR count). The van der Waals surface area contributed by atoms with Gasteiger partial charge in [0.05, 0.1) is 12.3 Å². The summed E-state index contributed by atoms with van der Waals surface area (Å²) >= 11 is 0. The highest BCUT2D eigenvalue weighted by Crippen LogP contribution is 2.09. The van der Waals surface area contributed by atoms with Crippen molar-refractivity contribution in [2.75, 3.05) is 26.2 Å². The molecular weight excluding hydrogens is 266 g/mol. The van der Waals surface area contributed by atoms with Gasteiger partial charge in [-0.3, -0.25) is 0 Å². The molecule has 5 nitrogen and oxygen atoms in total. The number of aromatic nitrogens is 1. The van der Waals surface area contributed by atoms with Crippen LogP contribution in [0.4, 0.5) is 0 Å². The van der Waals surface area contributed by atoms with Crippen LogP contribution < -0.4 is 5.32 Å². The topological polar surface area (TPSA) is 50.5 Å². The highest BCUT2D eigenvalue weighted by molar-refractivity contribution is 5.04. The minimum atomic E-state index is 0.0874. The van der Waals surface area contributed by atoms with Gasteiger partial charge >= 0.3 is 0 Å². The van der Waals surface area contributed by atoms with Crippen molar-refractivity contribution in [1.82, 2.24) is 15.4 Å². The van der Waals surface area contributed by atoms with E-state index in [1.807, 2.05) is 6.07 Å². The first-order chi connectivity index (χ1) is 10.0. The maximum absolute atomic E-state index is 5.69. The zero-order valence-corrected chi connectivity index (χ0v) is 13.7. The van der Waals surface area contributed by atoms with Crippen molar-refractivity contribution in [2.45, 2.75) is 58.7 Å². The Morgan fingerprint density at radius 1 is 1.29 bits per heavy atom. The van der Waals surface area contributed by atoms with Gasteiger partial charge in [0, 0.05) is 24.7 Å². The monoisotopic (exact) mass is 295 g/mol. The predicted octanol–water partition coefficient (Wildman–Crippen LogP) is 2.57. The van der Waals surface area contributed by atoms with E-state index in [0.717, 1.165) is 31.2 Å². The number of hydrogen-bond donors (Lipinski definition) is 1. The molecule has 5 heteroatoms. The Balaban J connectivity index is 1.61. The van der Waals surface area contributed by atoms with E-state index >= 15 is 0 Å². The number of piperidine rings is 1. The third-order valence-corrected chi connectivity index (χ3v) is 3.65. The van der Waals surface area contributed by atoms with Crippen LogP contribution in [0.3, 0.4) is 0 Å². The largest absolute Gasteiger partial charge is 0.372 e.